The van der Waals surface area contributed by atoms with Crippen LogP contribution in [0.4, 0.5) is 13.2 Å². The number of alkyl halides is 3. The van der Waals surface area contributed by atoms with Gasteiger partial charge in [-0.05, 0) is 43.9 Å². The number of nitrogens with zero attached hydrogens (tertiary/aromatic N) is 1. The molecule has 1 unspecified atom stereocenters. The Labute approximate surface area is 198 Å². The second-order valence-corrected chi connectivity index (χ2v) is 10.1. The molecule has 0 bridgehead atoms. The third-order valence-electron chi connectivity index (χ3n) is 5.89. The fourth-order valence-corrected chi connectivity index (χ4v) is 5.61. The molecular formula is C24H29F3N2O4S. The van der Waals surface area contributed by atoms with E-state index < -0.39 is 26.7 Å². The summed E-state index contributed by atoms with van der Waals surface area (Å²) in [5, 5.41) is 2.84. The molecule has 1 aliphatic rings. The first-order valence-electron chi connectivity index (χ1n) is 11.2. The van der Waals surface area contributed by atoms with Crippen LogP contribution in [-0.4, -0.2) is 44.9 Å². The fourth-order valence-electron chi connectivity index (χ4n) is 3.93. The number of rotatable bonds is 9. The lowest BCUT2D eigenvalue weighted by Gasteiger charge is -2.31. The van der Waals surface area contributed by atoms with E-state index in [1.165, 1.54) is 6.07 Å². The lowest BCUT2D eigenvalue weighted by molar-refractivity contribution is -0.139. The summed E-state index contributed by atoms with van der Waals surface area (Å²) < 4.78 is 72.3. The molecule has 1 aliphatic heterocycles. The van der Waals surface area contributed by atoms with Crippen molar-refractivity contribution >= 4 is 15.9 Å². The van der Waals surface area contributed by atoms with Crippen molar-refractivity contribution in [3.63, 3.8) is 0 Å². The van der Waals surface area contributed by atoms with Crippen molar-refractivity contribution in [2.24, 2.45) is 5.92 Å². The van der Waals surface area contributed by atoms with Crippen molar-refractivity contribution in [2.45, 2.75) is 43.4 Å². The minimum absolute atomic E-state index is 0.00961. The van der Waals surface area contributed by atoms with Crippen molar-refractivity contribution < 1.29 is 31.1 Å². The zero-order valence-electron chi connectivity index (χ0n) is 18.9. The van der Waals surface area contributed by atoms with Gasteiger partial charge in [-0.3, -0.25) is 4.79 Å². The molecule has 1 saturated heterocycles. The van der Waals surface area contributed by atoms with Crippen LogP contribution in [0.5, 0.6) is 0 Å². The van der Waals surface area contributed by atoms with Crippen LogP contribution < -0.4 is 5.32 Å². The van der Waals surface area contributed by atoms with Crippen LogP contribution in [0.15, 0.2) is 59.5 Å². The molecule has 6 nitrogen and oxygen atoms in total. The number of halogens is 3. The highest BCUT2D eigenvalue weighted by atomic mass is 32.2. The Balaban J connectivity index is 1.44. The van der Waals surface area contributed by atoms with Gasteiger partial charge in [0.25, 0.3) is 0 Å². The molecular weight excluding hydrogens is 469 g/mol. The van der Waals surface area contributed by atoms with Gasteiger partial charge in [0, 0.05) is 32.2 Å². The quantitative estimate of drug-likeness (QED) is 0.521. The van der Waals surface area contributed by atoms with E-state index in [9.17, 15) is 26.4 Å². The first kappa shape index (κ1) is 26.2. The molecule has 186 valence electrons. The number of amides is 1. The molecule has 10 heteroatoms. The van der Waals surface area contributed by atoms with Crippen LogP contribution >= 0.6 is 0 Å². The summed E-state index contributed by atoms with van der Waals surface area (Å²) in [6.07, 6.45) is -3.69. The molecule has 2 aromatic carbocycles. The number of nitrogens with one attached hydrogen (secondary N) is 1. The normalized spacial score (nSPS) is 16.8. The molecule has 34 heavy (non-hydrogen) atoms. The van der Waals surface area contributed by atoms with Crippen LogP contribution in [0.3, 0.4) is 0 Å². The van der Waals surface area contributed by atoms with Gasteiger partial charge in [-0.2, -0.15) is 17.5 Å². The van der Waals surface area contributed by atoms with Gasteiger partial charge in [-0.25, -0.2) is 8.42 Å². The predicted octanol–water partition coefficient (Wildman–Crippen LogP) is 4.39. The topological polar surface area (TPSA) is 75.7 Å². The largest absolute Gasteiger partial charge is 0.417 e. The highest BCUT2D eigenvalue weighted by Gasteiger charge is 2.40. The van der Waals surface area contributed by atoms with E-state index in [1.54, 1.807) is 0 Å². The van der Waals surface area contributed by atoms with Crippen molar-refractivity contribution in [3.05, 3.63) is 65.7 Å². The molecule has 0 spiro atoms. The highest BCUT2D eigenvalue weighted by Crippen LogP contribution is 2.36. The summed E-state index contributed by atoms with van der Waals surface area (Å²) >= 11 is 0. The Hall–Kier alpha value is -2.43. The molecule has 1 N–H and O–H groups in total. The molecule has 0 saturated carbocycles. The van der Waals surface area contributed by atoms with E-state index >= 15 is 0 Å². The van der Waals surface area contributed by atoms with E-state index in [2.05, 4.69) is 5.32 Å². The van der Waals surface area contributed by atoms with E-state index in [0.717, 1.165) is 28.1 Å². The summed E-state index contributed by atoms with van der Waals surface area (Å²) in [6.45, 7) is 2.85. The maximum absolute atomic E-state index is 13.3. The third-order valence-corrected chi connectivity index (χ3v) is 7.85. The number of hydrogen-bond donors (Lipinski definition) is 1. The average molecular weight is 499 g/mol. The fraction of sp³-hybridized carbons (Fsp3) is 0.458. The monoisotopic (exact) mass is 498 g/mol. The second-order valence-electron chi connectivity index (χ2n) is 8.24. The van der Waals surface area contributed by atoms with Crippen LogP contribution in [0, 0.1) is 5.92 Å². The SMILES string of the molecule is CC(OCCCNC(=O)C1CCN(S(=O)(=O)c2ccccc2C(F)(F)F)CC1)c1ccccc1. The summed E-state index contributed by atoms with van der Waals surface area (Å²) in [4.78, 5) is 11.7. The van der Waals surface area contributed by atoms with Crippen LogP contribution in [-0.2, 0) is 25.7 Å². The minimum atomic E-state index is -4.77. The predicted molar refractivity (Wildman–Crippen MR) is 121 cm³/mol. The zero-order valence-corrected chi connectivity index (χ0v) is 19.7. The summed E-state index contributed by atoms with van der Waals surface area (Å²) in [6, 6.07) is 14.0. The Morgan fingerprint density at radius 2 is 1.71 bits per heavy atom. The second kappa shape index (κ2) is 11.3. The Morgan fingerprint density at radius 3 is 2.35 bits per heavy atom. The number of ether oxygens (including phenoxy) is 1. The maximum Gasteiger partial charge on any atom is 0.417 e. The Morgan fingerprint density at radius 1 is 1.09 bits per heavy atom. The number of benzene rings is 2. The van der Waals surface area contributed by atoms with Gasteiger partial charge in [0.2, 0.25) is 15.9 Å². The molecule has 0 aromatic heterocycles. The van der Waals surface area contributed by atoms with Crippen molar-refractivity contribution in [1.29, 1.82) is 0 Å². The molecule has 1 amide bonds. The standard InChI is InChI=1S/C24H29F3N2O4S/c1-18(19-8-3-2-4-9-19)33-17-7-14-28-23(30)20-12-15-29(16-13-20)34(31,32)22-11-6-5-10-21(22)24(25,26)27/h2-6,8-11,18,20H,7,12-17H2,1H3,(H,28,30). The molecule has 1 fully saturated rings. The lowest BCUT2D eigenvalue weighted by atomic mass is 9.97. The van der Waals surface area contributed by atoms with Crippen LogP contribution in [0.25, 0.3) is 0 Å². The third kappa shape index (κ3) is 6.58. The summed E-state index contributed by atoms with van der Waals surface area (Å²) in [5.41, 5.74) is -0.107. The number of carbonyl (C=O) groups excluding carboxylic acids is 1. The zero-order chi connectivity index (χ0) is 24.8. The first-order chi connectivity index (χ1) is 16.1. The number of piperidine rings is 1. The van der Waals surface area contributed by atoms with E-state index in [1.807, 2.05) is 37.3 Å². The Bertz CT molecular complexity index is 1050. The van der Waals surface area contributed by atoms with Crippen molar-refractivity contribution in [2.75, 3.05) is 26.2 Å². The summed E-state index contributed by atoms with van der Waals surface area (Å²) in [5.74, 6) is -0.558. The van der Waals surface area contributed by atoms with Crippen LogP contribution in [0.1, 0.15) is 43.4 Å². The van der Waals surface area contributed by atoms with Gasteiger partial charge in [0.05, 0.1) is 16.6 Å². The van der Waals surface area contributed by atoms with Crippen molar-refractivity contribution in [3.8, 4) is 0 Å². The van der Waals surface area contributed by atoms with E-state index in [4.69, 9.17) is 4.74 Å². The molecule has 1 heterocycles. The van der Waals surface area contributed by atoms with E-state index in [0.29, 0.717) is 19.6 Å². The van der Waals surface area contributed by atoms with Gasteiger partial charge in [0.15, 0.2) is 0 Å². The number of sulfonamides is 1. The molecule has 1 atom stereocenters. The average Bonchev–Trinajstić information content (AvgIpc) is 2.83. The molecule has 3 rings (SSSR count). The smallest absolute Gasteiger partial charge is 0.374 e. The molecule has 0 radical (unpaired) electrons. The lowest BCUT2D eigenvalue weighted by Crippen LogP contribution is -2.43. The van der Waals surface area contributed by atoms with E-state index in [-0.39, 0.29) is 43.9 Å². The molecule has 2 aromatic rings. The van der Waals surface area contributed by atoms with Gasteiger partial charge < -0.3 is 10.1 Å². The van der Waals surface area contributed by atoms with Gasteiger partial charge in [-0.15, -0.1) is 0 Å². The van der Waals surface area contributed by atoms with Gasteiger partial charge in [-0.1, -0.05) is 42.5 Å². The summed E-state index contributed by atoms with van der Waals surface area (Å²) in [7, 11) is -4.32. The maximum atomic E-state index is 13.3. The minimum Gasteiger partial charge on any atom is -0.374 e. The highest BCUT2D eigenvalue weighted by molar-refractivity contribution is 7.89. The van der Waals surface area contributed by atoms with Gasteiger partial charge >= 0.3 is 6.18 Å². The van der Waals surface area contributed by atoms with Crippen LogP contribution in [0.2, 0.25) is 0 Å². The Kier molecular flexibility index (Phi) is 8.72. The first-order valence-corrected chi connectivity index (χ1v) is 12.7. The number of carbonyl (C=O) groups is 1. The molecule has 0 aliphatic carbocycles. The van der Waals surface area contributed by atoms with Gasteiger partial charge in [0.1, 0.15) is 0 Å². The van der Waals surface area contributed by atoms with Crippen molar-refractivity contribution in [1.82, 2.24) is 9.62 Å². The number of hydrogen-bond acceptors (Lipinski definition) is 4.